The summed E-state index contributed by atoms with van der Waals surface area (Å²) in [6, 6.07) is 0. The van der Waals surface area contributed by atoms with E-state index in [1.165, 1.54) is 25.7 Å². The first kappa shape index (κ1) is 13.8. The first-order valence-electron chi connectivity index (χ1n) is 7.11. The number of hydrogen-bond donors (Lipinski definition) is 1. The van der Waals surface area contributed by atoms with Crippen LogP contribution in [0.1, 0.15) is 39.5 Å². The van der Waals surface area contributed by atoms with Gasteiger partial charge in [0.05, 0.1) is 6.61 Å². The third-order valence-corrected chi connectivity index (χ3v) is 4.38. The summed E-state index contributed by atoms with van der Waals surface area (Å²) in [4.78, 5) is 14.4. The number of nitrogens with one attached hydrogen (secondary N) is 1. The smallest absolute Gasteiger partial charge is 0.250 e. The fourth-order valence-electron chi connectivity index (χ4n) is 3.08. The number of hydrogen-bond acceptors (Lipinski definition) is 3. The largest absolute Gasteiger partial charge is 0.366 e. The van der Waals surface area contributed by atoms with Gasteiger partial charge in [-0.05, 0) is 39.7 Å². The monoisotopic (exact) mass is 254 g/mol. The third kappa shape index (κ3) is 3.23. The molecule has 1 aliphatic carbocycles. The number of nitrogens with zero attached hydrogens (tertiary/aromatic N) is 1. The number of amides is 1. The molecule has 2 rings (SSSR count). The highest BCUT2D eigenvalue weighted by molar-refractivity contribution is 5.81. The lowest BCUT2D eigenvalue weighted by atomic mass is 9.86. The molecule has 2 aliphatic rings. The van der Waals surface area contributed by atoms with Gasteiger partial charge >= 0.3 is 0 Å². The summed E-state index contributed by atoms with van der Waals surface area (Å²) in [6.07, 6.45) is 4.76. The van der Waals surface area contributed by atoms with Crippen LogP contribution in [0.3, 0.4) is 0 Å². The van der Waals surface area contributed by atoms with Crippen LogP contribution in [0.25, 0.3) is 0 Å². The summed E-state index contributed by atoms with van der Waals surface area (Å²) in [5.41, 5.74) is -0.104. The van der Waals surface area contributed by atoms with E-state index in [4.69, 9.17) is 4.74 Å². The fourth-order valence-corrected chi connectivity index (χ4v) is 3.08. The van der Waals surface area contributed by atoms with E-state index in [1.54, 1.807) is 0 Å². The maximum absolute atomic E-state index is 12.3. The van der Waals surface area contributed by atoms with Crippen LogP contribution in [0.2, 0.25) is 0 Å². The molecule has 1 saturated carbocycles. The van der Waals surface area contributed by atoms with Gasteiger partial charge in [-0.2, -0.15) is 0 Å². The van der Waals surface area contributed by atoms with Crippen molar-refractivity contribution in [3.63, 3.8) is 0 Å². The average Bonchev–Trinajstić information content (AvgIpc) is 2.82. The molecule has 1 amide bonds. The van der Waals surface area contributed by atoms with E-state index in [2.05, 4.69) is 24.1 Å². The highest BCUT2D eigenvalue weighted by Crippen LogP contribution is 2.33. The van der Waals surface area contributed by atoms with E-state index < -0.39 is 0 Å². The van der Waals surface area contributed by atoms with Crippen molar-refractivity contribution in [2.24, 2.45) is 5.92 Å². The second kappa shape index (κ2) is 5.57. The molecular formula is C14H26N2O2. The molecule has 1 saturated heterocycles. The van der Waals surface area contributed by atoms with Crippen LogP contribution in [0.15, 0.2) is 0 Å². The summed E-state index contributed by atoms with van der Waals surface area (Å²) in [6.45, 7) is 6.56. The molecule has 1 N–H and O–H groups in total. The van der Waals surface area contributed by atoms with Gasteiger partial charge in [-0.25, -0.2) is 0 Å². The molecule has 1 atom stereocenters. The first-order chi connectivity index (χ1) is 8.49. The number of ether oxygens (including phenoxy) is 1. The van der Waals surface area contributed by atoms with Crippen LogP contribution in [-0.2, 0) is 9.53 Å². The Hall–Kier alpha value is -0.610. The van der Waals surface area contributed by atoms with Crippen molar-refractivity contribution in [1.29, 1.82) is 0 Å². The molecule has 0 bridgehead atoms. The molecule has 0 radical (unpaired) electrons. The molecule has 1 aliphatic heterocycles. The minimum Gasteiger partial charge on any atom is -0.366 e. The van der Waals surface area contributed by atoms with E-state index in [0.29, 0.717) is 19.1 Å². The van der Waals surface area contributed by atoms with Gasteiger partial charge in [0.2, 0.25) is 0 Å². The molecular weight excluding hydrogens is 228 g/mol. The zero-order valence-corrected chi connectivity index (χ0v) is 11.9. The van der Waals surface area contributed by atoms with Gasteiger partial charge in [0, 0.05) is 18.6 Å². The summed E-state index contributed by atoms with van der Waals surface area (Å²) in [5.74, 6) is 0.668. The molecule has 1 heterocycles. The van der Waals surface area contributed by atoms with Crippen molar-refractivity contribution in [1.82, 2.24) is 10.2 Å². The standard InChI is InChI=1S/C14H26N2O2/c1-14(2,11-6-4-5-7-11)15-13(17)12-10-16(3)8-9-18-12/h11-12H,4-10H2,1-3H3,(H,15,17). The molecule has 0 aromatic rings. The Labute approximate surface area is 110 Å². The summed E-state index contributed by atoms with van der Waals surface area (Å²) in [5, 5.41) is 3.20. The Morgan fingerprint density at radius 2 is 2.00 bits per heavy atom. The van der Waals surface area contributed by atoms with Gasteiger partial charge in [-0.1, -0.05) is 12.8 Å². The predicted octanol–water partition coefficient (Wildman–Crippen LogP) is 1.40. The molecule has 2 fully saturated rings. The summed E-state index contributed by atoms with van der Waals surface area (Å²) in [7, 11) is 2.03. The van der Waals surface area contributed by atoms with E-state index in [9.17, 15) is 4.79 Å². The van der Waals surface area contributed by atoms with Crippen molar-refractivity contribution in [2.75, 3.05) is 26.7 Å². The van der Waals surface area contributed by atoms with Gasteiger partial charge in [-0.15, -0.1) is 0 Å². The summed E-state index contributed by atoms with van der Waals surface area (Å²) >= 11 is 0. The third-order valence-electron chi connectivity index (χ3n) is 4.38. The van der Waals surface area contributed by atoms with Crippen LogP contribution < -0.4 is 5.32 Å². The Kier molecular flexibility index (Phi) is 4.28. The maximum atomic E-state index is 12.3. The second-order valence-electron chi connectivity index (χ2n) is 6.31. The minimum atomic E-state index is -0.301. The minimum absolute atomic E-state index is 0.0541. The quantitative estimate of drug-likeness (QED) is 0.828. The van der Waals surface area contributed by atoms with Gasteiger partial charge in [-0.3, -0.25) is 4.79 Å². The Morgan fingerprint density at radius 3 is 2.61 bits per heavy atom. The highest BCUT2D eigenvalue weighted by atomic mass is 16.5. The summed E-state index contributed by atoms with van der Waals surface area (Å²) < 4.78 is 5.56. The van der Waals surface area contributed by atoms with Crippen LogP contribution in [0.5, 0.6) is 0 Å². The topological polar surface area (TPSA) is 41.6 Å². The SMILES string of the molecule is CN1CCOC(C(=O)NC(C)(C)C2CCCC2)C1. The zero-order chi connectivity index (χ0) is 13.2. The molecule has 18 heavy (non-hydrogen) atoms. The van der Waals surface area contributed by atoms with E-state index in [1.807, 2.05) is 7.05 Å². The number of rotatable bonds is 3. The number of likely N-dealkylation sites (N-methyl/N-ethyl adjacent to an activating group) is 1. The Balaban J connectivity index is 1.89. The molecule has 104 valence electrons. The Bertz CT molecular complexity index is 298. The van der Waals surface area contributed by atoms with Gasteiger partial charge in [0.1, 0.15) is 6.10 Å². The predicted molar refractivity (Wildman–Crippen MR) is 71.4 cm³/mol. The molecule has 0 aromatic heterocycles. The van der Waals surface area contributed by atoms with Gasteiger partial charge in [0.25, 0.3) is 5.91 Å². The van der Waals surface area contributed by atoms with Gasteiger partial charge < -0.3 is 15.0 Å². The second-order valence-corrected chi connectivity index (χ2v) is 6.31. The van der Waals surface area contributed by atoms with E-state index >= 15 is 0 Å². The van der Waals surface area contributed by atoms with Crippen molar-refractivity contribution in [3.8, 4) is 0 Å². The van der Waals surface area contributed by atoms with Crippen molar-refractivity contribution in [2.45, 2.75) is 51.2 Å². The van der Waals surface area contributed by atoms with Crippen LogP contribution in [0.4, 0.5) is 0 Å². The molecule has 0 spiro atoms. The first-order valence-corrected chi connectivity index (χ1v) is 7.11. The van der Waals surface area contributed by atoms with E-state index in [0.717, 1.165) is 6.54 Å². The van der Waals surface area contributed by atoms with Gasteiger partial charge in [0.15, 0.2) is 0 Å². The molecule has 0 aromatic carbocycles. The number of carbonyl (C=O) groups excluding carboxylic acids is 1. The van der Waals surface area contributed by atoms with Crippen LogP contribution in [0, 0.1) is 5.92 Å². The molecule has 4 heteroatoms. The molecule has 4 nitrogen and oxygen atoms in total. The highest BCUT2D eigenvalue weighted by Gasteiger charge is 2.35. The lowest BCUT2D eigenvalue weighted by molar-refractivity contribution is -0.140. The maximum Gasteiger partial charge on any atom is 0.250 e. The molecule has 1 unspecified atom stereocenters. The Morgan fingerprint density at radius 1 is 1.33 bits per heavy atom. The number of morpholine rings is 1. The lowest BCUT2D eigenvalue weighted by Gasteiger charge is -2.36. The zero-order valence-electron chi connectivity index (χ0n) is 11.9. The van der Waals surface area contributed by atoms with Crippen molar-refractivity contribution in [3.05, 3.63) is 0 Å². The van der Waals surface area contributed by atoms with Crippen LogP contribution >= 0.6 is 0 Å². The lowest BCUT2D eigenvalue weighted by Crippen LogP contribution is -2.55. The van der Waals surface area contributed by atoms with Crippen molar-refractivity contribution >= 4 is 5.91 Å². The normalized spacial score (nSPS) is 27.4. The van der Waals surface area contributed by atoms with Crippen LogP contribution in [-0.4, -0.2) is 49.2 Å². The fraction of sp³-hybridized carbons (Fsp3) is 0.929. The number of carbonyl (C=O) groups is 1. The average molecular weight is 254 g/mol. The van der Waals surface area contributed by atoms with Crippen molar-refractivity contribution < 1.29 is 9.53 Å². The van der Waals surface area contributed by atoms with E-state index in [-0.39, 0.29) is 17.6 Å².